The van der Waals surface area contributed by atoms with Gasteiger partial charge in [-0.15, -0.1) is 0 Å². The van der Waals surface area contributed by atoms with Crippen molar-refractivity contribution in [2.24, 2.45) is 0 Å². The van der Waals surface area contributed by atoms with Crippen LogP contribution in [0.1, 0.15) is 36.1 Å². The second-order valence-electron chi connectivity index (χ2n) is 4.87. The fourth-order valence-electron chi connectivity index (χ4n) is 2.57. The highest BCUT2D eigenvalue weighted by atomic mass is 16.5. The van der Waals surface area contributed by atoms with Crippen molar-refractivity contribution in [3.63, 3.8) is 0 Å². The summed E-state index contributed by atoms with van der Waals surface area (Å²) in [4.78, 5) is 12.2. The quantitative estimate of drug-likeness (QED) is 0.834. The SMILES string of the molecule is CCOC(=O)C(C)(NC)c1c(C)cc(C)cc1C. The first-order valence-electron chi connectivity index (χ1n) is 6.31. The third-order valence-electron chi connectivity index (χ3n) is 3.36. The van der Waals surface area contributed by atoms with Crippen LogP contribution in [0.25, 0.3) is 0 Å². The van der Waals surface area contributed by atoms with Gasteiger partial charge in [0.25, 0.3) is 0 Å². The van der Waals surface area contributed by atoms with Gasteiger partial charge in [0.1, 0.15) is 5.54 Å². The van der Waals surface area contributed by atoms with E-state index in [4.69, 9.17) is 4.74 Å². The van der Waals surface area contributed by atoms with Crippen LogP contribution in [0.3, 0.4) is 0 Å². The van der Waals surface area contributed by atoms with Crippen molar-refractivity contribution in [3.8, 4) is 0 Å². The van der Waals surface area contributed by atoms with Crippen LogP contribution in [0.5, 0.6) is 0 Å². The molecule has 100 valence electrons. The molecule has 3 heteroatoms. The first-order chi connectivity index (χ1) is 8.36. The van der Waals surface area contributed by atoms with Gasteiger partial charge in [-0.3, -0.25) is 0 Å². The second kappa shape index (κ2) is 5.53. The Morgan fingerprint density at radius 1 is 1.28 bits per heavy atom. The molecule has 0 radical (unpaired) electrons. The lowest BCUT2D eigenvalue weighted by Crippen LogP contribution is -2.46. The van der Waals surface area contributed by atoms with Gasteiger partial charge in [0.2, 0.25) is 0 Å². The van der Waals surface area contributed by atoms with Crippen LogP contribution in [0, 0.1) is 20.8 Å². The van der Waals surface area contributed by atoms with E-state index in [9.17, 15) is 4.79 Å². The normalized spacial score (nSPS) is 14.1. The van der Waals surface area contributed by atoms with E-state index in [0.717, 1.165) is 16.7 Å². The summed E-state index contributed by atoms with van der Waals surface area (Å²) in [5.41, 5.74) is 3.64. The molecule has 1 aromatic carbocycles. The molecule has 18 heavy (non-hydrogen) atoms. The number of aryl methyl sites for hydroxylation is 3. The molecule has 0 aliphatic rings. The van der Waals surface area contributed by atoms with Gasteiger partial charge in [0.15, 0.2) is 0 Å². The average Bonchev–Trinajstić information content (AvgIpc) is 2.27. The summed E-state index contributed by atoms with van der Waals surface area (Å²) in [6, 6.07) is 4.19. The minimum Gasteiger partial charge on any atom is -0.464 e. The van der Waals surface area contributed by atoms with Gasteiger partial charge in [0.05, 0.1) is 6.61 Å². The smallest absolute Gasteiger partial charge is 0.330 e. The molecule has 0 fully saturated rings. The highest BCUT2D eigenvalue weighted by molar-refractivity contribution is 5.83. The zero-order valence-corrected chi connectivity index (χ0v) is 12.2. The predicted molar refractivity (Wildman–Crippen MR) is 73.7 cm³/mol. The van der Waals surface area contributed by atoms with E-state index in [-0.39, 0.29) is 5.97 Å². The number of hydrogen-bond acceptors (Lipinski definition) is 3. The Morgan fingerprint density at radius 2 is 1.78 bits per heavy atom. The highest BCUT2D eigenvalue weighted by Crippen LogP contribution is 2.29. The number of benzene rings is 1. The van der Waals surface area contributed by atoms with Crippen molar-refractivity contribution < 1.29 is 9.53 Å². The Bertz CT molecular complexity index is 431. The highest BCUT2D eigenvalue weighted by Gasteiger charge is 2.37. The van der Waals surface area contributed by atoms with Crippen LogP contribution in [0.4, 0.5) is 0 Å². The zero-order chi connectivity index (χ0) is 13.9. The molecule has 1 aromatic rings. The number of esters is 1. The Labute approximate surface area is 110 Å². The van der Waals surface area contributed by atoms with Crippen molar-refractivity contribution in [1.82, 2.24) is 5.32 Å². The van der Waals surface area contributed by atoms with Crippen LogP contribution in [0.2, 0.25) is 0 Å². The lowest BCUT2D eigenvalue weighted by Gasteiger charge is -2.30. The molecule has 0 heterocycles. The third kappa shape index (κ3) is 2.56. The second-order valence-corrected chi connectivity index (χ2v) is 4.87. The molecular weight excluding hydrogens is 226 g/mol. The summed E-state index contributed by atoms with van der Waals surface area (Å²) in [5, 5.41) is 3.11. The van der Waals surface area contributed by atoms with Crippen molar-refractivity contribution in [3.05, 3.63) is 34.4 Å². The molecule has 0 bridgehead atoms. The van der Waals surface area contributed by atoms with Crippen molar-refractivity contribution >= 4 is 5.97 Å². The maximum Gasteiger partial charge on any atom is 0.330 e. The van der Waals surface area contributed by atoms with E-state index in [1.165, 1.54) is 5.56 Å². The van der Waals surface area contributed by atoms with Gasteiger partial charge in [-0.05, 0) is 58.4 Å². The minimum atomic E-state index is -0.794. The monoisotopic (exact) mass is 249 g/mol. The molecule has 0 saturated carbocycles. The number of carbonyl (C=O) groups excluding carboxylic acids is 1. The summed E-state index contributed by atoms with van der Waals surface area (Å²) in [6.07, 6.45) is 0. The number of nitrogens with one attached hydrogen (secondary N) is 1. The molecule has 0 aliphatic carbocycles. The van der Waals surface area contributed by atoms with Gasteiger partial charge in [-0.1, -0.05) is 17.7 Å². The standard InChI is InChI=1S/C15H23NO2/c1-7-18-14(17)15(5,16-6)13-11(3)8-10(2)9-12(13)4/h8-9,16H,7H2,1-6H3. The van der Waals surface area contributed by atoms with Gasteiger partial charge in [0, 0.05) is 0 Å². The van der Waals surface area contributed by atoms with Crippen LogP contribution in [-0.4, -0.2) is 19.6 Å². The first-order valence-corrected chi connectivity index (χ1v) is 6.31. The summed E-state index contributed by atoms with van der Waals surface area (Å²) in [5.74, 6) is -0.234. The number of likely N-dealkylation sites (N-methyl/N-ethyl adjacent to an activating group) is 1. The topological polar surface area (TPSA) is 38.3 Å². The Hall–Kier alpha value is -1.35. The first kappa shape index (κ1) is 14.7. The molecule has 1 unspecified atom stereocenters. The van der Waals surface area contributed by atoms with Crippen LogP contribution in [0.15, 0.2) is 12.1 Å². The molecule has 0 spiro atoms. The van der Waals surface area contributed by atoms with Crippen LogP contribution < -0.4 is 5.32 Å². The molecule has 1 N–H and O–H groups in total. The summed E-state index contributed by atoms with van der Waals surface area (Å²) >= 11 is 0. The fraction of sp³-hybridized carbons (Fsp3) is 0.533. The lowest BCUT2D eigenvalue weighted by atomic mass is 9.84. The molecule has 1 atom stereocenters. The van der Waals surface area contributed by atoms with E-state index in [2.05, 4.69) is 24.4 Å². The van der Waals surface area contributed by atoms with Gasteiger partial charge in [-0.2, -0.15) is 0 Å². The Balaban J connectivity index is 3.36. The number of rotatable bonds is 4. The zero-order valence-electron chi connectivity index (χ0n) is 12.2. The van der Waals surface area contributed by atoms with Gasteiger partial charge < -0.3 is 10.1 Å². The summed E-state index contributed by atoms with van der Waals surface area (Å²) < 4.78 is 5.19. The Kier molecular flexibility index (Phi) is 4.52. The predicted octanol–water partition coefficient (Wildman–Crippen LogP) is 2.61. The molecule has 1 rings (SSSR count). The van der Waals surface area contributed by atoms with E-state index in [1.54, 1.807) is 7.05 Å². The molecule has 0 aromatic heterocycles. The van der Waals surface area contributed by atoms with Gasteiger partial charge >= 0.3 is 5.97 Å². The number of carbonyl (C=O) groups is 1. The molecule has 0 amide bonds. The van der Waals surface area contributed by atoms with Crippen LogP contribution >= 0.6 is 0 Å². The maximum atomic E-state index is 12.2. The molecule has 0 saturated heterocycles. The van der Waals surface area contributed by atoms with E-state index in [0.29, 0.717) is 6.61 Å². The van der Waals surface area contributed by atoms with Crippen LogP contribution in [-0.2, 0) is 15.1 Å². The summed E-state index contributed by atoms with van der Waals surface area (Å²) in [7, 11) is 1.79. The van der Waals surface area contributed by atoms with E-state index >= 15 is 0 Å². The molecular formula is C15H23NO2. The third-order valence-corrected chi connectivity index (χ3v) is 3.36. The summed E-state index contributed by atoms with van der Waals surface area (Å²) in [6.45, 7) is 10.2. The molecule has 3 nitrogen and oxygen atoms in total. The fourth-order valence-corrected chi connectivity index (χ4v) is 2.57. The average molecular weight is 249 g/mol. The number of ether oxygens (including phenoxy) is 1. The minimum absolute atomic E-state index is 0.234. The lowest BCUT2D eigenvalue weighted by molar-refractivity contribution is -0.150. The molecule has 0 aliphatic heterocycles. The van der Waals surface area contributed by atoms with Crippen molar-refractivity contribution in [1.29, 1.82) is 0 Å². The largest absolute Gasteiger partial charge is 0.464 e. The number of hydrogen-bond donors (Lipinski definition) is 1. The van der Waals surface area contributed by atoms with Gasteiger partial charge in [-0.25, -0.2) is 4.79 Å². The Morgan fingerprint density at radius 3 is 2.17 bits per heavy atom. The maximum absolute atomic E-state index is 12.2. The van der Waals surface area contributed by atoms with Crippen molar-refractivity contribution in [2.75, 3.05) is 13.7 Å². The van der Waals surface area contributed by atoms with E-state index < -0.39 is 5.54 Å². The van der Waals surface area contributed by atoms with Crippen molar-refractivity contribution in [2.45, 2.75) is 40.2 Å². The van der Waals surface area contributed by atoms with E-state index in [1.807, 2.05) is 27.7 Å².